The Morgan fingerprint density at radius 1 is 0.482 bits per heavy atom. The Morgan fingerprint density at radius 3 is 1.14 bits per heavy atom. The van der Waals surface area contributed by atoms with E-state index < -0.39 is 35.6 Å². The minimum atomic E-state index is -0.640. The predicted octanol–water partition coefficient (Wildman–Crippen LogP) is 7.19. The fourth-order valence-corrected chi connectivity index (χ4v) is 8.12. The standard InChI is InChI=1S/C42H20N4O10/c1-53-39(51)17-3-13-27-29(15-17)55-41(43-27)45-35(47)23-9-5-19-21-7-11-25-34-26(12-8-22(32(21)34)20-6-10-24(36(45)48)33(23)31(19)20)38(50)46(37(25)49)42-44-28-14-4-18(40(52)54-2)16-30(28)56-42/h3-16H,1-2H3. The van der Waals surface area contributed by atoms with Crippen LogP contribution in [-0.2, 0) is 9.47 Å². The maximum Gasteiger partial charge on any atom is 0.337 e. The molecule has 7 aromatic carbocycles. The van der Waals surface area contributed by atoms with Crippen LogP contribution in [0.1, 0.15) is 62.1 Å². The number of anilines is 2. The van der Waals surface area contributed by atoms with Crippen LogP contribution in [0.2, 0.25) is 0 Å². The Kier molecular flexibility index (Phi) is 6.07. The highest BCUT2D eigenvalue weighted by molar-refractivity contribution is 6.45. The number of carbonyl (C=O) groups excluding carboxylic acids is 6. The summed E-state index contributed by atoms with van der Waals surface area (Å²) in [5, 5.41) is 5.11. The molecule has 2 aromatic heterocycles. The first kappa shape index (κ1) is 31.5. The monoisotopic (exact) mass is 740 g/mol. The highest BCUT2D eigenvalue weighted by Crippen LogP contribution is 2.47. The van der Waals surface area contributed by atoms with Gasteiger partial charge in [0.15, 0.2) is 11.2 Å². The van der Waals surface area contributed by atoms with Gasteiger partial charge in [-0.3, -0.25) is 19.2 Å². The number of oxazole rings is 2. The molecule has 4 amide bonds. The van der Waals surface area contributed by atoms with Crippen LogP contribution in [-0.4, -0.2) is 59.8 Å². The number of amides is 4. The summed E-state index contributed by atoms with van der Waals surface area (Å²) >= 11 is 0. The summed E-state index contributed by atoms with van der Waals surface area (Å²) in [6, 6.07) is 22.2. The van der Waals surface area contributed by atoms with Crippen LogP contribution in [0.25, 0.3) is 65.3 Å². The molecule has 0 atom stereocenters. The number of carbonyl (C=O) groups is 6. The van der Waals surface area contributed by atoms with E-state index in [-0.39, 0.29) is 56.6 Å². The lowest BCUT2D eigenvalue weighted by Gasteiger charge is -2.28. The number of benzene rings is 7. The zero-order valence-electron chi connectivity index (χ0n) is 29.0. The summed E-state index contributed by atoms with van der Waals surface area (Å²) in [4.78, 5) is 91.4. The first-order valence-corrected chi connectivity index (χ1v) is 17.1. The van der Waals surface area contributed by atoms with Gasteiger partial charge in [-0.25, -0.2) is 9.59 Å². The maximum atomic E-state index is 14.2. The van der Waals surface area contributed by atoms with E-state index in [4.69, 9.17) is 18.3 Å². The smallest absolute Gasteiger partial charge is 0.337 e. The number of imide groups is 2. The van der Waals surface area contributed by atoms with E-state index in [2.05, 4.69) is 9.97 Å². The molecule has 14 heteroatoms. The van der Waals surface area contributed by atoms with Gasteiger partial charge in [-0.1, -0.05) is 24.3 Å². The number of esters is 2. The van der Waals surface area contributed by atoms with Gasteiger partial charge in [0.1, 0.15) is 11.0 Å². The number of rotatable bonds is 4. The molecule has 0 bridgehead atoms. The molecule has 2 aliphatic rings. The molecule has 56 heavy (non-hydrogen) atoms. The molecule has 14 nitrogen and oxygen atoms in total. The zero-order chi connectivity index (χ0) is 38.3. The number of methoxy groups -OCH3 is 2. The minimum absolute atomic E-state index is 0.194. The molecule has 268 valence electrons. The van der Waals surface area contributed by atoms with Gasteiger partial charge >= 0.3 is 24.0 Å². The highest BCUT2D eigenvalue weighted by atomic mass is 16.5. The normalized spacial score (nSPS) is 14.1. The Hall–Kier alpha value is -8.00. The molecule has 0 aliphatic carbocycles. The molecule has 4 heterocycles. The van der Waals surface area contributed by atoms with Crippen LogP contribution < -0.4 is 9.80 Å². The van der Waals surface area contributed by atoms with E-state index in [1.165, 1.54) is 50.6 Å². The number of hydrogen-bond acceptors (Lipinski definition) is 12. The van der Waals surface area contributed by atoms with Gasteiger partial charge in [0.2, 0.25) is 0 Å². The van der Waals surface area contributed by atoms with Crippen LogP contribution >= 0.6 is 0 Å². The van der Waals surface area contributed by atoms with Crippen molar-refractivity contribution in [2.75, 3.05) is 24.0 Å². The molecule has 9 aromatic rings. The topological polar surface area (TPSA) is 179 Å². The van der Waals surface area contributed by atoms with Crippen LogP contribution in [0.5, 0.6) is 0 Å². The predicted molar refractivity (Wildman–Crippen MR) is 201 cm³/mol. The van der Waals surface area contributed by atoms with Crippen molar-refractivity contribution in [3.05, 3.63) is 118 Å². The van der Waals surface area contributed by atoms with Gasteiger partial charge in [-0.05, 0) is 93.0 Å². The van der Waals surface area contributed by atoms with E-state index in [0.29, 0.717) is 54.1 Å². The van der Waals surface area contributed by atoms with Crippen molar-refractivity contribution in [2.24, 2.45) is 0 Å². The van der Waals surface area contributed by atoms with Gasteiger partial charge in [0, 0.05) is 33.0 Å². The summed E-state index contributed by atoms with van der Waals surface area (Å²) in [6.45, 7) is 0. The Labute approximate surface area is 311 Å². The fraction of sp³-hybridized carbons (Fsp3) is 0.0476. The van der Waals surface area contributed by atoms with E-state index in [1.54, 1.807) is 48.5 Å². The van der Waals surface area contributed by atoms with E-state index in [1.807, 2.05) is 0 Å². The van der Waals surface area contributed by atoms with E-state index >= 15 is 0 Å². The van der Waals surface area contributed by atoms with E-state index in [0.717, 1.165) is 9.80 Å². The van der Waals surface area contributed by atoms with Gasteiger partial charge in [0.25, 0.3) is 23.6 Å². The van der Waals surface area contributed by atoms with Crippen molar-refractivity contribution < 1.29 is 47.1 Å². The first-order chi connectivity index (χ1) is 27.2. The molecule has 0 spiro atoms. The third-order valence-corrected chi connectivity index (χ3v) is 10.6. The maximum absolute atomic E-state index is 14.2. The zero-order valence-corrected chi connectivity index (χ0v) is 29.0. The summed E-state index contributed by atoms with van der Waals surface area (Å²) in [7, 11) is 2.51. The lowest BCUT2D eigenvalue weighted by molar-refractivity contribution is 0.0592. The lowest BCUT2D eigenvalue weighted by atomic mass is 9.82. The lowest BCUT2D eigenvalue weighted by Crippen LogP contribution is -2.41. The van der Waals surface area contributed by atoms with Crippen LogP contribution in [0, 0.1) is 0 Å². The first-order valence-electron chi connectivity index (χ1n) is 17.1. The molecular weight excluding hydrogens is 720 g/mol. The quantitative estimate of drug-likeness (QED) is 0.0768. The van der Waals surface area contributed by atoms with Gasteiger partial charge < -0.3 is 18.3 Å². The molecule has 11 rings (SSSR count). The van der Waals surface area contributed by atoms with Crippen molar-refractivity contribution in [1.29, 1.82) is 0 Å². The van der Waals surface area contributed by atoms with Crippen molar-refractivity contribution in [3.63, 3.8) is 0 Å². The largest absolute Gasteiger partial charge is 0.465 e. The summed E-state index contributed by atoms with van der Waals surface area (Å²) in [6.07, 6.45) is 0. The number of aromatic nitrogens is 2. The molecule has 0 fully saturated rings. The Morgan fingerprint density at radius 2 is 0.821 bits per heavy atom. The van der Waals surface area contributed by atoms with Crippen LogP contribution in [0.3, 0.4) is 0 Å². The number of nitrogens with zero attached hydrogens (tertiary/aromatic N) is 4. The molecule has 0 radical (unpaired) electrons. The van der Waals surface area contributed by atoms with Crippen LogP contribution in [0.15, 0.2) is 93.8 Å². The summed E-state index contributed by atoms with van der Waals surface area (Å²) in [5.74, 6) is -3.72. The summed E-state index contributed by atoms with van der Waals surface area (Å²) < 4.78 is 21.3. The highest BCUT2D eigenvalue weighted by Gasteiger charge is 2.40. The molecule has 0 unspecified atom stereocenters. The van der Waals surface area contributed by atoms with Crippen LogP contribution in [0.4, 0.5) is 12.0 Å². The SMILES string of the molecule is COC(=O)c1ccc2nc(N3C(=O)c4ccc5c6ccc7c8c(ccc(c9ccc(c4c59)C3=O)c86)C(=O)N(c3nc4ccc(C(=O)OC)cc4o3)C7=O)oc2c1. The third kappa shape index (κ3) is 3.93. The number of hydrogen-bond donors (Lipinski definition) is 0. The third-order valence-electron chi connectivity index (χ3n) is 10.6. The average molecular weight is 741 g/mol. The minimum Gasteiger partial charge on any atom is -0.465 e. The Balaban J connectivity index is 1.05. The van der Waals surface area contributed by atoms with Gasteiger partial charge in [-0.15, -0.1) is 0 Å². The fourth-order valence-electron chi connectivity index (χ4n) is 8.12. The number of ether oxygens (including phenoxy) is 2. The van der Waals surface area contributed by atoms with Crippen molar-refractivity contribution >= 4 is 113 Å². The molecule has 0 N–H and O–H groups in total. The second-order valence-corrected chi connectivity index (χ2v) is 13.4. The summed E-state index contributed by atoms with van der Waals surface area (Å²) in [5.41, 5.74) is 2.52. The Bertz CT molecular complexity index is 3030. The molecule has 0 saturated heterocycles. The average Bonchev–Trinajstić information content (AvgIpc) is 3.84. The van der Waals surface area contributed by atoms with E-state index in [9.17, 15) is 28.8 Å². The second-order valence-electron chi connectivity index (χ2n) is 13.4. The second kappa shape index (κ2) is 10.8. The number of fused-ring (bicyclic) bond motifs is 4. The van der Waals surface area contributed by atoms with Crippen molar-refractivity contribution in [2.45, 2.75) is 0 Å². The van der Waals surface area contributed by atoms with Gasteiger partial charge in [-0.2, -0.15) is 19.8 Å². The molecule has 2 aliphatic heterocycles. The van der Waals surface area contributed by atoms with Crippen molar-refractivity contribution in [1.82, 2.24) is 9.97 Å². The molecular formula is C42H20N4O10. The van der Waals surface area contributed by atoms with Gasteiger partial charge in [0.05, 0.1) is 25.3 Å². The molecule has 0 saturated carbocycles. The van der Waals surface area contributed by atoms with Crippen molar-refractivity contribution in [3.8, 4) is 0 Å².